The molecule has 0 radical (unpaired) electrons. The first-order valence-electron chi connectivity index (χ1n) is 6.05. The summed E-state index contributed by atoms with van der Waals surface area (Å²) in [6.45, 7) is 0.963. The van der Waals surface area contributed by atoms with E-state index in [0.717, 1.165) is 6.07 Å². The van der Waals surface area contributed by atoms with Crippen molar-refractivity contribution in [3.05, 3.63) is 35.4 Å². The Hall–Kier alpha value is -1.56. The van der Waals surface area contributed by atoms with Gasteiger partial charge in [0.05, 0.1) is 11.0 Å². The van der Waals surface area contributed by atoms with Gasteiger partial charge in [-0.3, -0.25) is 4.79 Å². The summed E-state index contributed by atoms with van der Waals surface area (Å²) in [6, 6.07) is 5.19. The molecule has 19 heavy (non-hydrogen) atoms. The van der Waals surface area contributed by atoms with E-state index in [1.54, 1.807) is 0 Å². The van der Waals surface area contributed by atoms with E-state index in [1.807, 2.05) is 0 Å². The highest BCUT2D eigenvalue weighted by Crippen LogP contribution is 2.41. The number of nitrogens with two attached hydrogens (primary N) is 1. The number of carbonyl (C=O) groups is 1. The molecule has 1 aromatic rings. The number of hydrogen-bond donors (Lipinski definition) is 2. The van der Waals surface area contributed by atoms with Gasteiger partial charge in [0.15, 0.2) is 0 Å². The molecule has 1 amide bonds. The topological polar surface area (TPSA) is 55.1 Å². The third-order valence-electron chi connectivity index (χ3n) is 3.68. The Balaban J connectivity index is 2.58. The summed E-state index contributed by atoms with van der Waals surface area (Å²) in [5.74, 6) is -0.689. The number of rotatable bonds is 2. The van der Waals surface area contributed by atoms with Crippen LogP contribution in [0.2, 0.25) is 0 Å². The van der Waals surface area contributed by atoms with Crippen LogP contribution in [-0.4, -0.2) is 19.0 Å². The molecule has 1 saturated heterocycles. The summed E-state index contributed by atoms with van der Waals surface area (Å²) in [5.41, 5.74) is 3.42. The minimum absolute atomic E-state index is 0.00324. The van der Waals surface area contributed by atoms with Crippen molar-refractivity contribution in [2.24, 2.45) is 5.73 Å². The summed E-state index contributed by atoms with van der Waals surface area (Å²) < 4.78 is 39.2. The van der Waals surface area contributed by atoms with Crippen LogP contribution in [0.25, 0.3) is 0 Å². The van der Waals surface area contributed by atoms with Crippen LogP contribution in [0.15, 0.2) is 24.3 Å². The van der Waals surface area contributed by atoms with Crippen molar-refractivity contribution >= 4 is 5.91 Å². The van der Waals surface area contributed by atoms with Crippen molar-refractivity contribution in [1.29, 1.82) is 0 Å². The van der Waals surface area contributed by atoms with Gasteiger partial charge in [0.1, 0.15) is 0 Å². The predicted octanol–water partition coefficient (Wildman–Crippen LogP) is 1.81. The average Bonchev–Trinajstić information content (AvgIpc) is 2.38. The molecule has 1 aliphatic rings. The highest BCUT2D eigenvalue weighted by atomic mass is 19.4. The number of benzene rings is 1. The van der Waals surface area contributed by atoms with E-state index < -0.39 is 23.1 Å². The van der Waals surface area contributed by atoms with Gasteiger partial charge >= 0.3 is 6.18 Å². The molecule has 0 bridgehead atoms. The van der Waals surface area contributed by atoms with Crippen LogP contribution in [0.1, 0.15) is 24.0 Å². The molecule has 0 unspecified atom stereocenters. The number of halogens is 3. The van der Waals surface area contributed by atoms with Crippen molar-refractivity contribution in [2.75, 3.05) is 13.1 Å². The smallest absolute Gasteiger partial charge is 0.369 e. The largest absolute Gasteiger partial charge is 0.416 e. The first kappa shape index (κ1) is 13.9. The van der Waals surface area contributed by atoms with Crippen LogP contribution in [0.4, 0.5) is 13.2 Å². The van der Waals surface area contributed by atoms with Crippen molar-refractivity contribution < 1.29 is 18.0 Å². The Morgan fingerprint density at radius 2 is 1.79 bits per heavy atom. The molecule has 104 valence electrons. The van der Waals surface area contributed by atoms with Crippen LogP contribution < -0.4 is 11.1 Å². The third-order valence-corrected chi connectivity index (χ3v) is 3.68. The van der Waals surface area contributed by atoms with Crippen LogP contribution in [-0.2, 0) is 16.4 Å². The second-order valence-corrected chi connectivity index (χ2v) is 4.74. The third kappa shape index (κ3) is 2.45. The lowest BCUT2D eigenvalue weighted by Crippen LogP contribution is -2.49. The molecule has 6 heteroatoms. The van der Waals surface area contributed by atoms with Crippen molar-refractivity contribution in [2.45, 2.75) is 24.4 Å². The van der Waals surface area contributed by atoms with Gasteiger partial charge in [-0.2, -0.15) is 13.2 Å². The van der Waals surface area contributed by atoms with E-state index in [1.165, 1.54) is 18.2 Å². The van der Waals surface area contributed by atoms with Crippen molar-refractivity contribution in [3.8, 4) is 0 Å². The van der Waals surface area contributed by atoms with Gasteiger partial charge in [0.2, 0.25) is 5.91 Å². The maximum absolute atomic E-state index is 13.1. The molecule has 1 aliphatic heterocycles. The fourth-order valence-corrected chi connectivity index (χ4v) is 2.65. The lowest BCUT2D eigenvalue weighted by atomic mass is 9.71. The normalized spacial score (nSPS) is 19.1. The SMILES string of the molecule is NC(=O)C1(c2ccccc2C(F)(F)F)CCNCC1. The molecule has 0 aromatic heterocycles. The highest BCUT2D eigenvalue weighted by molar-refractivity contribution is 5.87. The molecule has 1 aromatic carbocycles. The molecular weight excluding hydrogens is 257 g/mol. The van der Waals surface area contributed by atoms with Crippen LogP contribution in [0.5, 0.6) is 0 Å². The zero-order chi connectivity index (χ0) is 14.1. The molecule has 3 nitrogen and oxygen atoms in total. The van der Waals surface area contributed by atoms with Gasteiger partial charge in [-0.25, -0.2) is 0 Å². The second kappa shape index (κ2) is 4.85. The standard InChI is InChI=1S/C13H15F3N2O/c14-13(15,16)10-4-2-1-3-9(10)12(11(17)19)5-7-18-8-6-12/h1-4,18H,5-8H2,(H2,17,19). The first-order chi connectivity index (χ1) is 8.88. The minimum Gasteiger partial charge on any atom is -0.369 e. The van der Waals surface area contributed by atoms with Gasteiger partial charge in [0, 0.05) is 0 Å². The van der Waals surface area contributed by atoms with E-state index in [4.69, 9.17) is 5.73 Å². The molecule has 0 atom stereocenters. The number of alkyl halides is 3. The first-order valence-corrected chi connectivity index (χ1v) is 6.05. The maximum Gasteiger partial charge on any atom is 0.416 e. The number of primary amides is 1. The van der Waals surface area contributed by atoms with Crippen LogP contribution in [0.3, 0.4) is 0 Å². The van der Waals surface area contributed by atoms with Crippen LogP contribution >= 0.6 is 0 Å². The van der Waals surface area contributed by atoms with Gasteiger partial charge in [-0.05, 0) is 37.6 Å². The fourth-order valence-electron chi connectivity index (χ4n) is 2.65. The molecule has 0 spiro atoms. The summed E-state index contributed by atoms with van der Waals surface area (Å²) in [5, 5.41) is 3.03. The second-order valence-electron chi connectivity index (χ2n) is 4.74. The maximum atomic E-state index is 13.1. The summed E-state index contributed by atoms with van der Waals surface area (Å²) in [4.78, 5) is 11.8. The number of nitrogens with one attached hydrogen (secondary N) is 1. The predicted molar refractivity (Wildman–Crippen MR) is 64.4 cm³/mol. The lowest BCUT2D eigenvalue weighted by molar-refractivity contribution is -0.139. The molecule has 0 aliphatic carbocycles. The van der Waals surface area contributed by atoms with Gasteiger partial charge in [-0.1, -0.05) is 18.2 Å². The molecule has 1 fully saturated rings. The highest BCUT2D eigenvalue weighted by Gasteiger charge is 2.45. The van der Waals surface area contributed by atoms with E-state index in [-0.39, 0.29) is 18.4 Å². The van der Waals surface area contributed by atoms with E-state index in [2.05, 4.69) is 5.32 Å². The van der Waals surface area contributed by atoms with E-state index in [9.17, 15) is 18.0 Å². The average molecular weight is 272 g/mol. The minimum atomic E-state index is -4.48. The zero-order valence-electron chi connectivity index (χ0n) is 10.3. The van der Waals surface area contributed by atoms with Crippen molar-refractivity contribution in [3.63, 3.8) is 0 Å². The summed E-state index contributed by atoms with van der Waals surface area (Å²) >= 11 is 0. The van der Waals surface area contributed by atoms with Gasteiger partial charge < -0.3 is 11.1 Å². The Morgan fingerprint density at radius 1 is 1.21 bits per heavy atom. The zero-order valence-corrected chi connectivity index (χ0v) is 10.3. The fraction of sp³-hybridized carbons (Fsp3) is 0.462. The summed E-state index contributed by atoms with van der Waals surface area (Å²) in [7, 11) is 0. The Morgan fingerprint density at radius 3 is 2.32 bits per heavy atom. The molecule has 2 rings (SSSR count). The lowest BCUT2D eigenvalue weighted by Gasteiger charge is -2.36. The molecule has 0 saturated carbocycles. The van der Waals surface area contributed by atoms with Crippen molar-refractivity contribution in [1.82, 2.24) is 5.32 Å². The molecular formula is C13H15F3N2O. The molecule has 1 heterocycles. The number of carbonyl (C=O) groups excluding carboxylic acids is 1. The van der Waals surface area contributed by atoms with Gasteiger partial charge in [-0.15, -0.1) is 0 Å². The Bertz CT molecular complexity index is 479. The van der Waals surface area contributed by atoms with Crippen LogP contribution in [0, 0.1) is 0 Å². The molecule has 3 N–H and O–H groups in total. The van der Waals surface area contributed by atoms with Gasteiger partial charge in [0.25, 0.3) is 0 Å². The monoisotopic (exact) mass is 272 g/mol. The Kier molecular flexibility index (Phi) is 3.54. The summed E-state index contributed by atoms with van der Waals surface area (Å²) in [6.07, 6.45) is -3.91. The quantitative estimate of drug-likeness (QED) is 0.862. The number of piperidine rings is 1. The van der Waals surface area contributed by atoms with E-state index in [0.29, 0.717) is 13.1 Å². The Labute approximate surface area is 109 Å². The van der Waals surface area contributed by atoms with E-state index >= 15 is 0 Å². The number of amides is 1. The number of hydrogen-bond acceptors (Lipinski definition) is 2.